The molecule has 7 aromatic carbocycles. The summed E-state index contributed by atoms with van der Waals surface area (Å²) < 4.78 is 10.4. The molecule has 12 heteroatoms. The van der Waals surface area contributed by atoms with Crippen LogP contribution in [0, 0.1) is 0 Å². The summed E-state index contributed by atoms with van der Waals surface area (Å²) >= 11 is 3.98. The Morgan fingerprint density at radius 2 is 1.00 bits per heavy atom. The highest BCUT2D eigenvalue weighted by Gasteiger charge is 2.26. The number of rotatable bonds is 4. The number of benzene rings is 5. The predicted molar refractivity (Wildman–Crippen MR) is 226 cm³/mol. The molecule has 0 N–H and O–H groups in total. The van der Waals surface area contributed by atoms with Gasteiger partial charge in [-0.3, -0.25) is 19.2 Å². The van der Waals surface area contributed by atoms with Gasteiger partial charge in [-0.1, -0.05) is 78.9 Å². The predicted octanol–water partition coefficient (Wildman–Crippen LogP) is 8.59. The highest BCUT2D eigenvalue weighted by Crippen LogP contribution is 2.49. The second-order valence-electron chi connectivity index (χ2n) is 13.5. The Balaban J connectivity index is 1.08. The summed E-state index contributed by atoms with van der Waals surface area (Å²) in [7, 11) is 0. The molecule has 56 heavy (non-hydrogen) atoms. The quantitative estimate of drug-likeness (QED) is 0.176. The summed E-state index contributed by atoms with van der Waals surface area (Å²) in [4.78, 5) is 77.3. The van der Waals surface area contributed by atoms with Crippen LogP contribution in [0.15, 0.2) is 144 Å². The van der Waals surface area contributed by atoms with Gasteiger partial charge in [0.05, 0.1) is 29.8 Å². The van der Waals surface area contributed by atoms with Gasteiger partial charge in [-0.25, -0.2) is 19.3 Å². The lowest BCUT2D eigenvalue weighted by atomic mass is 10.1. The molecule has 0 saturated heterocycles. The zero-order valence-corrected chi connectivity index (χ0v) is 31.1. The van der Waals surface area contributed by atoms with E-state index < -0.39 is 27.8 Å². The smallest absolute Gasteiger partial charge is 0.419 e. The number of carbonyl (C=O) groups excluding carboxylic acids is 1. The van der Waals surface area contributed by atoms with Gasteiger partial charge in [0.1, 0.15) is 16.6 Å². The number of thiophene rings is 3. The average Bonchev–Trinajstić information content (AvgIpc) is 4.04. The summed E-state index contributed by atoms with van der Waals surface area (Å²) in [6.45, 7) is 0.0339. The molecule has 0 aliphatic carbocycles. The van der Waals surface area contributed by atoms with Gasteiger partial charge < -0.3 is 4.74 Å². The molecule has 0 spiro atoms. The number of carbonyl (C=O) groups is 1. The molecule has 0 aliphatic rings. The zero-order valence-electron chi connectivity index (χ0n) is 28.7. The molecule has 11 rings (SSSR count). The Labute approximate surface area is 324 Å². The van der Waals surface area contributed by atoms with Crippen LogP contribution in [-0.2, 0) is 11.3 Å². The number of nitrogens with zero attached hydrogens (tertiary/aromatic N) is 3. The van der Waals surface area contributed by atoms with Crippen molar-refractivity contribution in [2.45, 2.75) is 6.61 Å². The minimum Gasteiger partial charge on any atom is -0.444 e. The summed E-state index contributed by atoms with van der Waals surface area (Å²) in [5, 5.41) is 5.28. The number of ether oxygens (including phenoxy) is 1. The van der Waals surface area contributed by atoms with Crippen LogP contribution in [0.3, 0.4) is 0 Å². The van der Waals surface area contributed by atoms with Crippen LogP contribution in [0.1, 0.15) is 5.56 Å². The third kappa shape index (κ3) is 4.86. The third-order valence-corrected chi connectivity index (χ3v) is 13.6. The largest absolute Gasteiger partial charge is 0.444 e. The average molecular weight is 784 g/mol. The van der Waals surface area contributed by atoms with Crippen LogP contribution in [0.4, 0.5) is 14.8 Å². The SMILES string of the molecule is O=C(OCc1ccccc1)n1c2cc(N=c3c(=O)c4cc5ccccc5cc4c3=O)sc2c2sc3cc(N=c4c(=O)c5cc6ccccc6cc5c4=O)sc3c21. The van der Waals surface area contributed by atoms with E-state index in [1.807, 2.05) is 84.9 Å². The van der Waals surface area contributed by atoms with Crippen molar-refractivity contribution in [1.82, 2.24) is 4.57 Å². The maximum Gasteiger partial charge on any atom is 0.419 e. The van der Waals surface area contributed by atoms with E-state index in [0.29, 0.717) is 42.6 Å². The van der Waals surface area contributed by atoms with Gasteiger partial charge in [-0.2, -0.15) is 0 Å². The zero-order chi connectivity index (χ0) is 37.8. The number of fused-ring (bicyclic) bond motifs is 9. The van der Waals surface area contributed by atoms with Gasteiger partial charge >= 0.3 is 6.09 Å². The molecule has 0 atom stereocenters. The molecule has 4 heterocycles. The van der Waals surface area contributed by atoms with Crippen molar-refractivity contribution in [3.8, 4) is 0 Å². The highest BCUT2D eigenvalue weighted by atomic mass is 32.1. The van der Waals surface area contributed by atoms with Crippen LogP contribution < -0.4 is 32.4 Å². The van der Waals surface area contributed by atoms with Crippen molar-refractivity contribution >= 4 is 123 Å². The molecule has 9 nitrogen and oxygen atoms in total. The molecule has 4 aromatic heterocycles. The van der Waals surface area contributed by atoms with Crippen molar-refractivity contribution in [3.05, 3.63) is 172 Å². The lowest BCUT2D eigenvalue weighted by Crippen LogP contribution is -2.31. The van der Waals surface area contributed by atoms with Crippen LogP contribution in [0.25, 0.3) is 72.9 Å². The van der Waals surface area contributed by atoms with Crippen LogP contribution in [-0.4, -0.2) is 10.7 Å². The topological polar surface area (TPSA) is 124 Å². The van der Waals surface area contributed by atoms with E-state index in [1.165, 1.54) is 38.6 Å². The summed E-state index contributed by atoms with van der Waals surface area (Å²) in [6, 6.07) is 34.9. The normalized spacial score (nSPS) is 12.0. The second kappa shape index (κ2) is 12.1. The molecule has 0 saturated carbocycles. The van der Waals surface area contributed by atoms with Crippen molar-refractivity contribution < 1.29 is 9.53 Å². The minimum atomic E-state index is -0.623. The molecular weight excluding hydrogens is 763 g/mol. The Hall–Kier alpha value is -6.73. The lowest BCUT2D eigenvalue weighted by Gasteiger charge is -2.07. The first-order valence-electron chi connectivity index (χ1n) is 17.4. The van der Waals surface area contributed by atoms with Gasteiger partial charge in [0.25, 0.3) is 0 Å². The van der Waals surface area contributed by atoms with Gasteiger partial charge in [-0.05, 0) is 63.5 Å². The Morgan fingerprint density at radius 3 is 1.52 bits per heavy atom. The van der Waals surface area contributed by atoms with Crippen molar-refractivity contribution in [2.75, 3.05) is 0 Å². The molecule has 11 aromatic rings. The maximum atomic E-state index is 14.1. The standard InChI is InChI=1S/C44H21N3O6S3/c48-37-26-14-22-10-4-5-11-23(22)15-27(26)38(49)34(37)45-32-18-30-41(55-32)43-36(47(30)44(52)53-20-21-8-2-1-3-9-21)42-31(54-43)19-33(56-42)46-35-39(50)28-16-24-12-6-7-13-25(24)17-29(28)40(35)51/h1-19H,20H2. The van der Waals surface area contributed by atoms with Crippen molar-refractivity contribution in [2.24, 2.45) is 9.98 Å². The van der Waals surface area contributed by atoms with Gasteiger partial charge in [-0.15, -0.1) is 34.0 Å². The fourth-order valence-electron chi connectivity index (χ4n) is 7.49. The molecule has 0 unspecified atom stereocenters. The monoisotopic (exact) mass is 783 g/mol. The summed E-state index contributed by atoms with van der Waals surface area (Å²) in [6.07, 6.45) is -0.623. The summed E-state index contributed by atoms with van der Waals surface area (Å²) in [5.74, 6) is 0. The Bertz CT molecular complexity index is 3690. The van der Waals surface area contributed by atoms with Crippen molar-refractivity contribution in [3.63, 3.8) is 0 Å². The molecule has 266 valence electrons. The molecule has 0 fully saturated rings. The third-order valence-electron chi connectivity index (χ3n) is 10.1. The minimum absolute atomic E-state index is 0.0339. The van der Waals surface area contributed by atoms with Crippen LogP contribution in [0.2, 0.25) is 0 Å². The fraction of sp³-hybridized carbons (Fsp3) is 0.0227. The number of hydrogen-bond acceptors (Lipinski definition) is 11. The molecule has 0 radical (unpaired) electrons. The lowest BCUT2D eigenvalue weighted by molar-refractivity contribution is 0.143. The molecule has 0 bridgehead atoms. The van der Waals surface area contributed by atoms with Gasteiger partial charge in [0.2, 0.25) is 21.7 Å². The van der Waals surface area contributed by atoms with Crippen LogP contribution >= 0.6 is 34.0 Å². The van der Waals surface area contributed by atoms with E-state index in [4.69, 9.17) is 4.74 Å². The van der Waals surface area contributed by atoms with E-state index in [1.54, 1.807) is 30.3 Å². The Morgan fingerprint density at radius 1 is 0.536 bits per heavy atom. The van der Waals surface area contributed by atoms with E-state index in [9.17, 15) is 24.0 Å². The molecule has 0 amide bonds. The highest BCUT2D eigenvalue weighted by molar-refractivity contribution is 7.37. The van der Waals surface area contributed by atoms with Crippen LogP contribution in [0.5, 0.6) is 0 Å². The first-order chi connectivity index (χ1) is 27.3. The first-order valence-corrected chi connectivity index (χ1v) is 19.9. The molecule has 0 aliphatic heterocycles. The van der Waals surface area contributed by atoms with Crippen molar-refractivity contribution in [1.29, 1.82) is 0 Å². The van der Waals surface area contributed by atoms with Gasteiger partial charge in [0, 0.05) is 21.5 Å². The second-order valence-corrected chi connectivity index (χ2v) is 16.6. The maximum absolute atomic E-state index is 14.1. The Kier molecular flexibility index (Phi) is 7.08. The summed E-state index contributed by atoms with van der Waals surface area (Å²) in [5.41, 5.74) is 0.211. The van der Waals surface area contributed by atoms with Gasteiger partial charge in [0.15, 0.2) is 10.7 Å². The van der Waals surface area contributed by atoms with E-state index in [0.717, 1.165) is 45.9 Å². The molecular formula is C44H21N3O6S3. The fourth-order valence-corrected chi connectivity index (χ4v) is 11.1. The number of aromatic nitrogens is 1. The van der Waals surface area contributed by atoms with E-state index >= 15 is 0 Å². The first kappa shape index (κ1) is 32.7. The number of hydrogen-bond donors (Lipinski definition) is 0. The van der Waals surface area contributed by atoms with E-state index in [-0.39, 0.29) is 17.3 Å². The van der Waals surface area contributed by atoms with E-state index in [2.05, 4.69) is 9.98 Å².